The van der Waals surface area contributed by atoms with Gasteiger partial charge < -0.3 is 5.32 Å². The standard InChI is InChI=1S/C17H19NO3S2/c1-12-7-8-16(22-12)14-11-15(14)17(19)18-9-10-23(20,21)13-5-3-2-4-6-13/h2-8,14-15H,9-11H2,1H3,(H,18,19). The van der Waals surface area contributed by atoms with Crippen molar-refractivity contribution in [1.82, 2.24) is 5.32 Å². The quantitative estimate of drug-likeness (QED) is 0.872. The molecule has 2 aromatic rings. The van der Waals surface area contributed by atoms with Crippen molar-refractivity contribution in [3.05, 3.63) is 52.2 Å². The van der Waals surface area contributed by atoms with Crippen molar-refractivity contribution < 1.29 is 13.2 Å². The zero-order chi connectivity index (χ0) is 16.4. The number of hydrogen-bond acceptors (Lipinski definition) is 4. The van der Waals surface area contributed by atoms with E-state index in [2.05, 4.69) is 24.4 Å². The first-order valence-corrected chi connectivity index (χ1v) is 10.1. The topological polar surface area (TPSA) is 63.2 Å². The molecule has 0 radical (unpaired) electrons. The summed E-state index contributed by atoms with van der Waals surface area (Å²) in [4.78, 5) is 14.9. The lowest BCUT2D eigenvalue weighted by Crippen LogP contribution is -2.30. The molecule has 1 N–H and O–H groups in total. The highest BCUT2D eigenvalue weighted by atomic mass is 32.2. The third-order valence-corrected chi connectivity index (χ3v) is 6.89. The van der Waals surface area contributed by atoms with Crippen LogP contribution in [0.15, 0.2) is 47.4 Å². The minimum absolute atomic E-state index is 0.00696. The maximum absolute atomic E-state index is 12.1. The summed E-state index contributed by atoms with van der Waals surface area (Å²) < 4.78 is 24.3. The van der Waals surface area contributed by atoms with Crippen molar-refractivity contribution in [3.8, 4) is 0 Å². The van der Waals surface area contributed by atoms with Crippen LogP contribution >= 0.6 is 11.3 Å². The predicted molar refractivity (Wildman–Crippen MR) is 91.4 cm³/mol. The van der Waals surface area contributed by atoms with Gasteiger partial charge in [-0.1, -0.05) is 18.2 Å². The maximum atomic E-state index is 12.1. The molecule has 6 heteroatoms. The monoisotopic (exact) mass is 349 g/mol. The third-order valence-electron chi connectivity index (χ3n) is 4.03. The fraction of sp³-hybridized carbons (Fsp3) is 0.353. The molecule has 1 aromatic heterocycles. The molecule has 122 valence electrons. The van der Waals surface area contributed by atoms with Crippen molar-refractivity contribution in [1.29, 1.82) is 0 Å². The molecule has 0 bridgehead atoms. The Labute approximate surface area is 140 Å². The average molecular weight is 349 g/mol. The number of aryl methyl sites for hydroxylation is 1. The first-order chi connectivity index (χ1) is 11.0. The van der Waals surface area contributed by atoms with Gasteiger partial charge in [-0.3, -0.25) is 4.79 Å². The SMILES string of the molecule is Cc1ccc(C2CC2C(=O)NCCS(=O)(=O)c2ccccc2)s1. The summed E-state index contributed by atoms with van der Waals surface area (Å²) >= 11 is 1.73. The second kappa shape index (κ2) is 6.45. The molecule has 4 nitrogen and oxygen atoms in total. The van der Waals surface area contributed by atoms with Gasteiger partial charge in [0.1, 0.15) is 0 Å². The van der Waals surface area contributed by atoms with Gasteiger partial charge >= 0.3 is 0 Å². The first kappa shape index (κ1) is 16.2. The number of carbonyl (C=O) groups is 1. The third kappa shape index (κ3) is 3.82. The van der Waals surface area contributed by atoms with E-state index in [9.17, 15) is 13.2 Å². The second-order valence-corrected chi connectivity index (χ2v) is 9.25. The van der Waals surface area contributed by atoms with Gasteiger partial charge in [0, 0.05) is 28.1 Å². The van der Waals surface area contributed by atoms with Crippen molar-refractivity contribution in [2.75, 3.05) is 12.3 Å². The molecule has 0 aliphatic heterocycles. The van der Waals surface area contributed by atoms with E-state index in [0.717, 1.165) is 6.42 Å². The van der Waals surface area contributed by atoms with Crippen LogP contribution in [-0.2, 0) is 14.6 Å². The lowest BCUT2D eigenvalue weighted by atomic mass is 10.2. The summed E-state index contributed by atoms with van der Waals surface area (Å²) in [6.07, 6.45) is 0.858. The van der Waals surface area contributed by atoms with E-state index in [4.69, 9.17) is 0 Å². The minimum atomic E-state index is -3.34. The molecule has 0 spiro atoms. The van der Waals surface area contributed by atoms with Gasteiger partial charge in [-0.25, -0.2) is 8.42 Å². The number of sulfone groups is 1. The van der Waals surface area contributed by atoms with E-state index in [0.29, 0.717) is 10.8 Å². The van der Waals surface area contributed by atoms with Crippen LogP contribution in [0.2, 0.25) is 0 Å². The fourth-order valence-corrected chi connectivity index (χ4v) is 4.87. The Morgan fingerprint density at radius 3 is 2.61 bits per heavy atom. The van der Waals surface area contributed by atoms with Gasteiger partial charge in [-0.05, 0) is 37.6 Å². The van der Waals surface area contributed by atoms with Crippen LogP contribution in [0.25, 0.3) is 0 Å². The number of benzene rings is 1. The molecule has 2 atom stereocenters. The summed E-state index contributed by atoms with van der Waals surface area (Å²) in [7, 11) is -3.34. The van der Waals surface area contributed by atoms with Crippen LogP contribution in [0.1, 0.15) is 22.1 Å². The Hall–Kier alpha value is -1.66. The van der Waals surface area contributed by atoms with E-state index < -0.39 is 9.84 Å². The lowest BCUT2D eigenvalue weighted by molar-refractivity contribution is -0.122. The highest BCUT2D eigenvalue weighted by Gasteiger charge is 2.44. The van der Waals surface area contributed by atoms with E-state index in [1.54, 1.807) is 41.7 Å². The summed E-state index contributed by atoms with van der Waals surface area (Å²) in [6.45, 7) is 2.21. The number of rotatable bonds is 6. The molecule has 1 fully saturated rings. The van der Waals surface area contributed by atoms with Gasteiger partial charge in [-0.15, -0.1) is 11.3 Å². The predicted octanol–water partition coefficient (Wildman–Crippen LogP) is 2.75. The van der Waals surface area contributed by atoms with Crippen LogP contribution in [0.3, 0.4) is 0 Å². The van der Waals surface area contributed by atoms with Crippen LogP contribution in [0.5, 0.6) is 0 Å². The van der Waals surface area contributed by atoms with E-state index in [-0.39, 0.29) is 24.1 Å². The fourth-order valence-electron chi connectivity index (χ4n) is 2.64. The number of thiophene rings is 1. The van der Waals surface area contributed by atoms with Crippen LogP contribution in [0, 0.1) is 12.8 Å². The number of nitrogens with one attached hydrogen (secondary N) is 1. The van der Waals surface area contributed by atoms with Crippen molar-refractivity contribution in [2.24, 2.45) is 5.92 Å². The van der Waals surface area contributed by atoms with Crippen LogP contribution in [0.4, 0.5) is 0 Å². The Balaban J connectivity index is 1.49. The summed E-state index contributed by atoms with van der Waals surface area (Å²) in [5, 5.41) is 2.76. The van der Waals surface area contributed by atoms with Crippen molar-refractivity contribution >= 4 is 27.1 Å². The molecule has 1 heterocycles. The normalized spacial score (nSPS) is 20.2. The number of carbonyl (C=O) groups excluding carboxylic acids is 1. The Bertz CT molecular complexity index is 796. The largest absolute Gasteiger partial charge is 0.355 e. The van der Waals surface area contributed by atoms with E-state index >= 15 is 0 Å². The second-order valence-electron chi connectivity index (χ2n) is 5.82. The molecule has 1 amide bonds. The Kier molecular flexibility index (Phi) is 4.55. The van der Waals surface area contributed by atoms with Crippen LogP contribution in [-0.4, -0.2) is 26.6 Å². The highest BCUT2D eigenvalue weighted by molar-refractivity contribution is 7.91. The molecular formula is C17H19NO3S2. The zero-order valence-corrected chi connectivity index (χ0v) is 14.5. The van der Waals surface area contributed by atoms with Gasteiger partial charge in [0.2, 0.25) is 5.91 Å². The zero-order valence-electron chi connectivity index (χ0n) is 12.9. The van der Waals surface area contributed by atoms with E-state index in [1.165, 1.54) is 9.75 Å². The van der Waals surface area contributed by atoms with Gasteiger partial charge in [0.05, 0.1) is 10.6 Å². The number of amides is 1. The molecule has 3 rings (SSSR count). The van der Waals surface area contributed by atoms with Crippen molar-refractivity contribution in [3.63, 3.8) is 0 Å². The molecule has 1 aromatic carbocycles. The molecule has 0 saturated heterocycles. The maximum Gasteiger partial charge on any atom is 0.223 e. The molecule has 23 heavy (non-hydrogen) atoms. The highest BCUT2D eigenvalue weighted by Crippen LogP contribution is 2.49. The minimum Gasteiger partial charge on any atom is -0.355 e. The smallest absolute Gasteiger partial charge is 0.223 e. The Morgan fingerprint density at radius 2 is 1.96 bits per heavy atom. The average Bonchev–Trinajstić information content (AvgIpc) is 3.23. The molecule has 1 saturated carbocycles. The molecule has 1 aliphatic rings. The molecular weight excluding hydrogens is 330 g/mol. The lowest BCUT2D eigenvalue weighted by Gasteiger charge is -2.06. The number of hydrogen-bond donors (Lipinski definition) is 1. The van der Waals surface area contributed by atoms with Gasteiger partial charge in [0.25, 0.3) is 0 Å². The summed E-state index contributed by atoms with van der Waals surface area (Å²) in [6, 6.07) is 12.5. The van der Waals surface area contributed by atoms with Crippen LogP contribution < -0.4 is 5.32 Å². The van der Waals surface area contributed by atoms with Gasteiger partial charge in [-0.2, -0.15) is 0 Å². The van der Waals surface area contributed by atoms with Crippen molar-refractivity contribution in [2.45, 2.75) is 24.2 Å². The summed E-state index contributed by atoms with van der Waals surface area (Å²) in [5.74, 6) is 0.189. The Morgan fingerprint density at radius 1 is 1.22 bits per heavy atom. The van der Waals surface area contributed by atoms with E-state index in [1.807, 2.05) is 0 Å². The molecule has 2 unspecified atom stereocenters. The first-order valence-electron chi connectivity index (χ1n) is 7.59. The molecule has 1 aliphatic carbocycles. The van der Waals surface area contributed by atoms with Gasteiger partial charge in [0.15, 0.2) is 9.84 Å². The summed E-state index contributed by atoms with van der Waals surface area (Å²) in [5.41, 5.74) is 0.